The zero-order valence-corrected chi connectivity index (χ0v) is 14.8. The molecule has 0 aliphatic carbocycles. The SMILES string of the molecule is Cc1cccc(OC[C@]2(O)CCN(C(=O)CCc3cnn(C)c3)C2)c1. The lowest BCUT2D eigenvalue weighted by Crippen LogP contribution is -2.40. The Morgan fingerprint density at radius 2 is 2.28 bits per heavy atom. The summed E-state index contributed by atoms with van der Waals surface area (Å²) in [6.07, 6.45) is 5.34. The molecule has 6 heteroatoms. The van der Waals surface area contributed by atoms with Gasteiger partial charge in [0, 0.05) is 26.2 Å². The topological polar surface area (TPSA) is 67.6 Å². The van der Waals surface area contributed by atoms with Gasteiger partial charge in [0.15, 0.2) is 0 Å². The second kappa shape index (κ2) is 7.27. The van der Waals surface area contributed by atoms with Crippen LogP contribution in [0, 0.1) is 6.92 Å². The number of nitrogens with zero attached hydrogens (tertiary/aromatic N) is 3. The molecule has 0 spiro atoms. The van der Waals surface area contributed by atoms with Crippen molar-refractivity contribution in [2.75, 3.05) is 19.7 Å². The van der Waals surface area contributed by atoms with Gasteiger partial charge in [0.2, 0.25) is 5.91 Å². The molecule has 0 saturated carbocycles. The number of aryl methyl sites for hydroxylation is 3. The second-order valence-corrected chi connectivity index (χ2v) is 6.92. The molecule has 1 aliphatic heterocycles. The largest absolute Gasteiger partial charge is 0.491 e. The Bertz CT molecular complexity index is 743. The van der Waals surface area contributed by atoms with Gasteiger partial charge in [-0.3, -0.25) is 9.48 Å². The van der Waals surface area contributed by atoms with Gasteiger partial charge in [-0.15, -0.1) is 0 Å². The number of aromatic nitrogens is 2. The average Bonchev–Trinajstić information content (AvgIpc) is 3.18. The van der Waals surface area contributed by atoms with Crippen LogP contribution in [0.25, 0.3) is 0 Å². The fourth-order valence-corrected chi connectivity index (χ4v) is 3.12. The first-order chi connectivity index (χ1) is 11.9. The van der Waals surface area contributed by atoms with E-state index >= 15 is 0 Å². The molecule has 1 N–H and O–H groups in total. The van der Waals surface area contributed by atoms with Crippen LogP contribution in [0.4, 0.5) is 0 Å². The van der Waals surface area contributed by atoms with E-state index in [1.54, 1.807) is 15.8 Å². The average molecular weight is 343 g/mol. The third-order valence-corrected chi connectivity index (χ3v) is 4.57. The standard InChI is InChI=1S/C19H25N3O3/c1-15-4-3-5-17(10-15)25-14-19(24)8-9-22(13-19)18(23)7-6-16-11-20-21(2)12-16/h3-5,10-12,24H,6-9,13-14H2,1-2H3/t19-/m0/s1. The van der Waals surface area contributed by atoms with Gasteiger partial charge in [-0.1, -0.05) is 12.1 Å². The van der Waals surface area contributed by atoms with E-state index in [4.69, 9.17) is 4.74 Å². The summed E-state index contributed by atoms with van der Waals surface area (Å²) in [5.74, 6) is 0.810. The molecule has 134 valence electrons. The molecule has 2 heterocycles. The molecule has 3 rings (SSSR count). The van der Waals surface area contributed by atoms with Gasteiger partial charge in [0.25, 0.3) is 0 Å². The van der Waals surface area contributed by atoms with Crippen molar-refractivity contribution in [1.82, 2.24) is 14.7 Å². The van der Waals surface area contributed by atoms with E-state index in [2.05, 4.69) is 5.10 Å². The number of carbonyl (C=O) groups excluding carboxylic acids is 1. The van der Waals surface area contributed by atoms with Gasteiger partial charge in [-0.25, -0.2) is 0 Å². The van der Waals surface area contributed by atoms with E-state index in [-0.39, 0.29) is 12.5 Å². The van der Waals surface area contributed by atoms with E-state index in [1.807, 2.05) is 44.4 Å². The zero-order valence-electron chi connectivity index (χ0n) is 14.8. The minimum Gasteiger partial charge on any atom is -0.491 e. The summed E-state index contributed by atoms with van der Waals surface area (Å²) in [6.45, 7) is 3.09. The van der Waals surface area contributed by atoms with Crippen molar-refractivity contribution in [2.45, 2.75) is 31.8 Å². The van der Waals surface area contributed by atoms with E-state index in [9.17, 15) is 9.90 Å². The minimum absolute atomic E-state index is 0.0651. The first kappa shape index (κ1) is 17.5. The van der Waals surface area contributed by atoms with Crippen LogP contribution in [0.2, 0.25) is 0 Å². The summed E-state index contributed by atoms with van der Waals surface area (Å²) < 4.78 is 7.47. The molecule has 1 aliphatic rings. The number of aliphatic hydroxyl groups is 1. The number of ether oxygens (including phenoxy) is 1. The maximum absolute atomic E-state index is 12.4. The predicted octanol–water partition coefficient (Wildman–Crippen LogP) is 1.70. The lowest BCUT2D eigenvalue weighted by atomic mass is 10.1. The van der Waals surface area contributed by atoms with Gasteiger partial charge in [-0.2, -0.15) is 5.10 Å². The van der Waals surface area contributed by atoms with Crippen LogP contribution in [0.1, 0.15) is 24.0 Å². The third kappa shape index (κ3) is 4.60. The van der Waals surface area contributed by atoms with Crippen LogP contribution in [0.3, 0.4) is 0 Å². The van der Waals surface area contributed by atoms with Gasteiger partial charge in [0.05, 0.1) is 12.7 Å². The van der Waals surface area contributed by atoms with Gasteiger partial charge >= 0.3 is 0 Å². The molecular formula is C19H25N3O3. The monoisotopic (exact) mass is 343 g/mol. The van der Waals surface area contributed by atoms with Crippen molar-refractivity contribution in [2.24, 2.45) is 7.05 Å². The van der Waals surface area contributed by atoms with Crippen LogP contribution < -0.4 is 4.74 Å². The van der Waals surface area contributed by atoms with E-state index < -0.39 is 5.60 Å². The Morgan fingerprint density at radius 1 is 1.44 bits per heavy atom. The van der Waals surface area contributed by atoms with Gasteiger partial charge in [0.1, 0.15) is 18.0 Å². The Labute approximate surface area is 148 Å². The lowest BCUT2D eigenvalue weighted by molar-refractivity contribution is -0.131. The normalized spacial score (nSPS) is 20.0. The highest BCUT2D eigenvalue weighted by Crippen LogP contribution is 2.24. The zero-order chi connectivity index (χ0) is 17.9. The van der Waals surface area contributed by atoms with Crippen molar-refractivity contribution < 1.29 is 14.6 Å². The molecule has 25 heavy (non-hydrogen) atoms. The number of hydrogen-bond donors (Lipinski definition) is 1. The van der Waals surface area contributed by atoms with Crippen LogP contribution >= 0.6 is 0 Å². The summed E-state index contributed by atoms with van der Waals surface area (Å²) >= 11 is 0. The summed E-state index contributed by atoms with van der Waals surface area (Å²) in [5.41, 5.74) is 1.18. The first-order valence-corrected chi connectivity index (χ1v) is 8.61. The third-order valence-electron chi connectivity index (χ3n) is 4.57. The van der Waals surface area contributed by atoms with Crippen LogP contribution in [-0.4, -0.2) is 51.0 Å². The molecule has 1 saturated heterocycles. The van der Waals surface area contributed by atoms with Crippen molar-refractivity contribution in [3.8, 4) is 5.75 Å². The molecule has 1 aromatic carbocycles. The van der Waals surface area contributed by atoms with Gasteiger partial charge in [-0.05, 0) is 43.0 Å². The molecule has 1 fully saturated rings. The van der Waals surface area contributed by atoms with E-state index in [0.29, 0.717) is 32.4 Å². The number of likely N-dealkylation sites (tertiary alicyclic amines) is 1. The number of carbonyl (C=O) groups is 1. The maximum atomic E-state index is 12.4. The smallest absolute Gasteiger partial charge is 0.223 e. The molecule has 1 aromatic heterocycles. The maximum Gasteiger partial charge on any atom is 0.223 e. The minimum atomic E-state index is -0.978. The fourth-order valence-electron chi connectivity index (χ4n) is 3.12. The van der Waals surface area contributed by atoms with E-state index in [1.165, 1.54) is 0 Å². The summed E-state index contributed by atoms with van der Waals surface area (Å²) in [5, 5.41) is 14.8. The highest BCUT2D eigenvalue weighted by molar-refractivity contribution is 5.76. The number of benzene rings is 1. The summed E-state index contributed by atoms with van der Waals surface area (Å²) in [4.78, 5) is 14.1. The van der Waals surface area contributed by atoms with Crippen LogP contribution in [0.5, 0.6) is 5.75 Å². The van der Waals surface area contributed by atoms with Crippen molar-refractivity contribution >= 4 is 5.91 Å². The molecule has 1 amide bonds. The number of hydrogen-bond acceptors (Lipinski definition) is 4. The Balaban J connectivity index is 1.48. The summed E-state index contributed by atoms with van der Waals surface area (Å²) in [6, 6.07) is 7.74. The molecule has 2 aromatic rings. The number of β-amino-alcohol motifs (C(OH)–C–C–N with tert-alkyl or cyclic N) is 1. The lowest BCUT2D eigenvalue weighted by Gasteiger charge is -2.23. The van der Waals surface area contributed by atoms with Crippen LogP contribution in [0.15, 0.2) is 36.7 Å². The molecular weight excluding hydrogens is 318 g/mol. The van der Waals surface area contributed by atoms with Crippen LogP contribution in [-0.2, 0) is 18.3 Å². The fraction of sp³-hybridized carbons (Fsp3) is 0.474. The molecule has 1 atom stereocenters. The Morgan fingerprint density at radius 3 is 3.00 bits per heavy atom. The first-order valence-electron chi connectivity index (χ1n) is 8.61. The molecule has 6 nitrogen and oxygen atoms in total. The van der Waals surface area contributed by atoms with Crippen molar-refractivity contribution in [3.05, 3.63) is 47.8 Å². The quantitative estimate of drug-likeness (QED) is 0.867. The van der Waals surface area contributed by atoms with E-state index in [0.717, 1.165) is 16.9 Å². The second-order valence-electron chi connectivity index (χ2n) is 6.92. The Kier molecular flexibility index (Phi) is 5.08. The predicted molar refractivity (Wildman–Crippen MR) is 94.3 cm³/mol. The molecule has 0 bridgehead atoms. The van der Waals surface area contributed by atoms with Crippen molar-refractivity contribution in [3.63, 3.8) is 0 Å². The highest BCUT2D eigenvalue weighted by Gasteiger charge is 2.38. The van der Waals surface area contributed by atoms with Gasteiger partial charge < -0.3 is 14.7 Å². The highest BCUT2D eigenvalue weighted by atomic mass is 16.5. The molecule has 0 radical (unpaired) electrons. The van der Waals surface area contributed by atoms with Crippen molar-refractivity contribution in [1.29, 1.82) is 0 Å². The summed E-state index contributed by atoms with van der Waals surface area (Å²) in [7, 11) is 1.86. The Hall–Kier alpha value is -2.34. The number of amides is 1. The number of rotatable bonds is 6. The molecule has 0 unspecified atom stereocenters.